The van der Waals surface area contributed by atoms with Crippen molar-refractivity contribution >= 4 is 25.5 Å². The summed E-state index contributed by atoms with van der Waals surface area (Å²) >= 11 is 0. The van der Waals surface area contributed by atoms with E-state index in [9.17, 15) is 4.79 Å². The van der Waals surface area contributed by atoms with Crippen LogP contribution in [0, 0.1) is 5.92 Å². The SMILES string of the molecule is Cl.NC1(C(=O)O)CCCCC(CCB(O)O)C1. The van der Waals surface area contributed by atoms with Gasteiger partial charge < -0.3 is 20.9 Å². The van der Waals surface area contributed by atoms with E-state index in [4.69, 9.17) is 20.9 Å². The van der Waals surface area contributed by atoms with Crippen molar-refractivity contribution in [2.24, 2.45) is 11.7 Å². The summed E-state index contributed by atoms with van der Waals surface area (Å²) in [4.78, 5) is 11.1. The minimum absolute atomic E-state index is 0. The molecule has 0 spiro atoms. The lowest BCUT2D eigenvalue weighted by Gasteiger charge is -2.26. The van der Waals surface area contributed by atoms with Gasteiger partial charge in [-0.1, -0.05) is 25.7 Å². The van der Waals surface area contributed by atoms with E-state index in [0.29, 0.717) is 25.6 Å². The van der Waals surface area contributed by atoms with Gasteiger partial charge in [-0.15, -0.1) is 12.4 Å². The number of aliphatic carboxylic acids is 1. The highest BCUT2D eigenvalue weighted by Gasteiger charge is 2.37. The van der Waals surface area contributed by atoms with Crippen LogP contribution in [0.5, 0.6) is 0 Å². The molecule has 7 heteroatoms. The van der Waals surface area contributed by atoms with E-state index in [1.54, 1.807) is 0 Å². The lowest BCUT2D eigenvalue weighted by Crippen LogP contribution is -2.48. The van der Waals surface area contributed by atoms with Crippen LogP contribution in [0.3, 0.4) is 0 Å². The molecule has 1 aliphatic carbocycles. The predicted molar refractivity (Wildman–Crippen MR) is 68.0 cm³/mol. The Morgan fingerprint density at radius 3 is 2.59 bits per heavy atom. The van der Waals surface area contributed by atoms with Crippen molar-refractivity contribution in [3.05, 3.63) is 0 Å². The summed E-state index contributed by atoms with van der Waals surface area (Å²) in [7, 11) is -1.31. The van der Waals surface area contributed by atoms with Crippen LogP contribution in [0.1, 0.15) is 38.5 Å². The van der Waals surface area contributed by atoms with Crippen LogP contribution >= 0.6 is 12.4 Å². The Morgan fingerprint density at radius 1 is 1.41 bits per heavy atom. The van der Waals surface area contributed by atoms with E-state index >= 15 is 0 Å². The topological polar surface area (TPSA) is 104 Å². The first-order valence-corrected chi connectivity index (χ1v) is 5.82. The van der Waals surface area contributed by atoms with Crippen LogP contribution in [0.4, 0.5) is 0 Å². The van der Waals surface area contributed by atoms with Crippen molar-refractivity contribution in [2.45, 2.75) is 50.4 Å². The van der Waals surface area contributed by atoms with Gasteiger partial charge in [0, 0.05) is 0 Å². The van der Waals surface area contributed by atoms with Gasteiger partial charge in [-0.25, -0.2) is 0 Å². The molecule has 0 radical (unpaired) electrons. The molecule has 0 aromatic rings. The molecule has 0 heterocycles. The second kappa shape index (κ2) is 7.21. The average Bonchev–Trinajstić information content (AvgIpc) is 2.38. The first-order valence-electron chi connectivity index (χ1n) is 5.82. The van der Waals surface area contributed by atoms with E-state index in [0.717, 1.165) is 19.3 Å². The van der Waals surface area contributed by atoms with Crippen molar-refractivity contribution in [2.75, 3.05) is 0 Å². The number of carbonyl (C=O) groups is 1. The van der Waals surface area contributed by atoms with Gasteiger partial charge in [-0.05, 0) is 25.1 Å². The second-order valence-corrected chi connectivity index (χ2v) is 4.84. The largest absolute Gasteiger partial charge is 0.480 e. The first-order chi connectivity index (χ1) is 7.44. The zero-order valence-corrected chi connectivity index (χ0v) is 10.7. The summed E-state index contributed by atoms with van der Waals surface area (Å²) < 4.78 is 0. The van der Waals surface area contributed by atoms with E-state index < -0.39 is 18.6 Å². The fourth-order valence-corrected chi connectivity index (χ4v) is 2.42. The maximum Gasteiger partial charge on any atom is 0.451 e. The minimum atomic E-state index is -1.31. The molecule has 1 fully saturated rings. The van der Waals surface area contributed by atoms with E-state index in [1.807, 2.05) is 0 Å². The Bertz CT molecular complexity index is 254. The molecule has 2 atom stereocenters. The van der Waals surface area contributed by atoms with E-state index in [2.05, 4.69) is 0 Å². The number of nitrogens with two attached hydrogens (primary N) is 1. The fourth-order valence-electron chi connectivity index (χ4n) is 2.42. The van der Waals surface area contributed by atoms with Gasteiger partial charge in [-0.2, -0.15) is 0 Å². The monoisotopic (exact) mass is 265 g/mol. The van der Waals surface area contributed by atoms with Gasteiger partial charge >= 0.3 is 13.1 Å². The lowest BCUT2D eigenvalue weighted by atomic mass is 9.77. The molecule has 5 N–H and O–H groups in total. The summed E-state index contributed by atoms with van der Waals surface area (Å²) in [5, 5.41) is 26.7. The lowest BCUT2D eigenvalue weighted by molar-refractivity contribution is -0.144. The Labute approximate surface area is 108 Å². The fraction of sp³-hybridized carbons (Fsp3) is 0.900. The highest BCUT2D eigenvalue weighted by Crippen LogP contribution is 2.32. The number of hydrogen-bond donors (Lipinski definition) is 4. The molecule has 5 nitrogen and oxygen atoms in total. The third-order valence-electron chi connectivity index (χ3n) is 3.40. The van der Waals surface area contributed by atoms with E-state index in [1.165, 1.54) is 0 Å². The third-order valence-corrected chi connectivity index (χ3v) is 3.40. The van der Waals surface area contributed by atoms with Gasteiger partial charge in [0.2, 0.25) is 0 Å². The molecule has 0 amide bonds. The standard InChI is InChI=1S/C10H20BNO4.ClH/c12-10(9(13)14)5-2-1-3-8(7-10)4-6-11(15)16;/h8,15-16H,1-7,12H2,(H,13,14);1H. The zero-order chi connectivity index (χ0) is 12.2. The van der Waals surface area contributed by atoms with Crippen LogP contribution in [-0.4, -0.2) is 33.8 Å². The molecule has 2 unspecified atom stereocenters. The number of carboxylic acid groups (broad SMARTS) is 1. The van der Waals surface area contributed by atoms with Crippen molar-refractivity contribution < 1.29 is 19.9 Å². The van der Waals surface area contributed by atoms with Crippen molar-refractivity contribution in [1.82, 2.24) is 0 Å². The van der Waals surface area contributed by atoms with Crippen LogP contribution in [0.15, 0.2) is 0 Å². The summed E-state index contributed by atoms with van der Waals surface area (Å²) in [5.41, 5.74) is 4.75. The Kier molecular flexibility index (Phi) is 7.08. The van der Waals surface area contributed by atoms with Gasteiger partial charge in [0.25, 0.3) is 0 Å². The van der Waals surface area contributed by atoms with Crippen molar-refractivity contribution in [1.29, 1.82) is 0 Å². The molecule has 17 heavy (non-hydrogen) atoms. The highest BCUT2D eigenvalue weighted by atomic mass is 35.5. The first kappa shape index (κ1) is 16.7. The molecular weight excluding hydrogens is 244 g/mol. The van der Waals surface area contributed by atoms with Crippen molar-refractivity contribution in [3.8, 4) is 0 Å². The molecular formula is C10H21BClNO4. The van der Waals surface area contributed by atoms with Crippen LogP contribution in [-0.2, 0) is 4.79 Å². The van der Waals surface area contributed by atoms with Crippen molar-refractivity contribution in [3.63, 3.8) is 0 Å². The van der Waals surface area contributed by atoms with E-state index in [-0.39, 0.29) is 18.3 Å². The summed E-state index contributed by atoms with van der Waals surface area (Å²) in [6.07, 6.45) is 4.61. The Hall–Kier alpha value is -0.295. The maximum atomic E-state index is 11.1. The molecule has 0 saturated heterocycles. The molecule has 0 bridgehead atoms. The van der Waals surface area contributed by atoms with Gasteiger partial charge in [0.1, 0.15) is 5.54 Å². The predicted octanol–water partition coefficient (Wildman–Crippen LogP) is 0.633. The maximum absolute atomic E-state index is 11.1. The summed E-state index contributed by atoms with van der Waals surface area (Å²) in [6.45, 7) is 0. The molecule has 1 saturated carbocycles. The quantitative estimate of drug-likeness (QED) is 0.441. The smallest absolute Gasteiger partial charge is 0.451 e. The summed E-state index contributed by atoms with van der Waals surface area (Å²) in [5.74, 6) is -0.755. The van der Waals surface area contributed by atoms with Gasteiger partial charge in [-0.3, -0.25) is 4.79 Å². The Balaban J connectivity index is 0.00000256. The third kappa shape index (κ3) is 5.25. The molecule has 1 aliphatic rings. The number of rotatable bonds is 4. The van der Waals surface area contributed by atoms with Crippen LogP contribution < -0.4 is 5.73 Å². The van der Waals surface area contributed by atoms with Gasteiger partial charge in [0.15, 0.2) is 0 Å². The zero-order valence-electron chi connectivity index (χ0n) is 9.84. The number of halogens is 1. The molecule has 0 aromatic carbocycles. The normalized spacial score (nSPS) is 29.0. The van der Waals surface area contributed by atoms with Crippen LogP contribution in [0.2, 0.25) is 6.32 Å². The number of carboxylic acids is 1. The van der Waals surface area contributed by atoms with Crippen LogP contribution in [0.25, 0.3) is 0 Å². The molecule has 0 aliphatic heterocycles. The summed E-state index contributed by atoms with van der Waals surface area (Å²) in [6, 6.07) is 0. The second-order valence-electron chi connectivity index (χ2n) is 4.84. The van der Waals surface area contributed by atoms with Gasteiger partial charge in [0.05, 0.1) is 0 Å². The number of hydrogen-bond acceptors (Lipinski definition) is 4. The minimum Gasteiger partial charge on any atom is -0.480 e. The Morgan fingerprint density at radius 2 is 2.06 bits per heavy atom. The molecule has 1 rings (SSSR count). The average molecular weight is 266 g/mol. The molecule has 0 aromatic heterocycles. The molecule has 100 valence electrons. The highest BCUT2D eigenvalue weighted by molar-refractivity contribution is 6.40.